The van der Waals surface area contributed by atoms with Crippen LogP contribution in [0.4, 0.5) is 32.0 Å². The van der Waals surface area contributed by atoms with Gasteiger partial charge < -0.3 is 10.2 Å². The molecule has 1 saturated heterocycles. The van der Waals surface area contributed by atoms with Crippen LogP contribution in [0.5, 0.6) is 0 Å². The number of piperazine rings is 1. The van der Waals surface area contributed by atoms with Crippen LogP contribution in [0.15, 0.2) is 30.3 Å². The number of nitrogens with zero attached hydrogens (tertiary/aromatic N) is 2. The van der Waals surface area contributed by atoms with E-state index in [1.807, 2.05) is 0 Å². The van der Waals surface area contributed by atoms with E-state index in [2.05, 4.69) is 0 Å². The molecule has 0 bridgehead atoms. The first-order chi connectivity index (χ1) is 11.5. The van der Waals surface area contributed by atoms with Crippen LogP contribution in [0, 0.1) is 0 Å². The van der Waals surface area contributed by atoms with Crippen molar-refractivity contribution in [2.75, 3.05) is 31.1 Å². The lowest BCUT2D eigenvalue weighted by atomic mass is 10.0. The summed E-state index contributed by atoms with van der Waals surface area (Å²) in [5.74, 6) is -1.40. The minimum Gasteiger partial charge on any atom is -0.369 e. The van der Waals surface area contributed by atoms with Crippen LogP contribution < -0.4 is 10.2 Å². The van der Waals surface area contributed by atoms with Gasteiger partial charge in [-0.1, -0.05) is 18.2 Å². The Labute approximate surface area is 140 Å². The zero-order chi connectivity index (χ0) is 18.9. The number of carbonyl (C=O) groups is 1. The standard InChI is InChI=1S/C15H17F6N3O/c1-11(25)22-13(14(16,17)18,15(19,20)21)24-9-7-23(8-10-24)12-5-3-2-4-6-12/h2-6H,7-10H2,1H3,(H,22,25). The number of alkyl halides is 6. The van der Waals surface area contributed by atoms with Crippen LogP contribution >= 0.6 is 0 Å². The van der Waals surface area contributed by atoms with Gasteiger partial charge in [-0.05, 0) is 12.1 Å². The number of amides is 1. The second-order valence-corrected chi connectivity index (χ2v) is 5.70. The molecule has 2 rings (SSSR count). The van der Waals surface area contributed by atoms with Crippen molar-refractivity contribution in [3.8, 4) is 0 Å². The molecule has 25 heavy (non-hydrogen) atoms. The van der Waals surface area contributed by atoms with Crippen LogP contribution in [0.1, 0.15) is 6.92 Å². The summed E-state index contributed by atoms with van der Waals surface area (Å²) < 4.78 is 80.7. The Kier molecular flexibility index (Phi) is 5.22. The van der Waals surface area contributed by atoms with E-state index in [4.69, 9.17) is 0 Å². The molecule has 1 aliphatic heterocycles. The number of hydrogen-bond acceptors (Lipinski definition) is 3. The van der Waals surface area contributed by atoms with Crippen LogP contribution in [0.3, 0.4) is 0 Å². The lowest BCUT2D eigenvalue weighted by Crippen LogP contribution is -2.77. The molecule has 0 radical (unpaired) electrons. The molecule has 0 spiro atoms. The fourth-order valence-corrected chi connectivity index (χ4v) is 2.93. The Morgan fingerprint density at radius 3 is 1.80 bits per heavy atom. The summed E-state index contributed by atoms with van der Waals surface area (Å²) in [6.45, 7) is -0.441. The largest absolute Gasteiger partial charge is 0.434 e. The minimum absolute atomic E-state index is 0.0302. The normalized spacial score (nSPS) is 17.5. The second-order valence-electron chi connectivity index (χ2n) is 5.70. The highest BCUT2D eigenvalue weighted by atomic mass is 19.4. The summed E-state index contributed by atoms with van der Waals surface area (Å²) in [4.78, 5) is 13.1. The topological polar surface area (TPSA) is 35.6 Å². The van der Waals surface area contributed by atoms with E-state index in [1.54, 1.807) is 35.2 Å². The van der Waals surface area contributed by atoms with E-state index < -0.39 is 37.0 Å². The van der Waals surface area contributed by atoms with Gasteiger partial charge in [0.1, 0.15) is 0 Å². The van der Waals surface area contributed by atoms with Gasteiger partial charge in [-0.3, -0.25) is 9.69 Å². The van der Waals surface area contributed by atoms with Crippen molar-refractivity contribution >= 4 is 11.6 Å². The van der Waals surface area contributed by atoms with E-state index >= 15 is 0 Å². The molecule has 1 heterocycles. The van der Waals surface area contributed by atoms with Crippen molar-refractivity contribution in [3.05, 3.63) is 30.3 Å². The van der Waals surface area contributed by atoms with E-state index in [9.17, 15) is 31.1 Å². The van der Waals surface area contributed by atoms with E-state index in [-0.39, 0.29) is 18.0 Å². The maximum Gasteiger partial charge on any atom is 0.434 e. The average Bonchev–Trinajstić information content (AvgIpc) is 2.51. The Hall–Kier alpha value is -1.97. The average molecular weight is 369 g/mol. The maximum absolute atomic E-state index is 13.4. The molecule has 1 aromatic carbocycles. The van der Waals surface area contributed by atoms with E-state index in [0.29, 0.717) is 12.6 Å². The summed E-state index contributed by atoms with van der Waals surface area (Å²) in [6.07, 6.45) is -11.4. The molecule has 0 atom stereocenters. The fraction of sp³-hybridized carbons (Fsp3) is 0.533. The highest BCUT2D eigenvalue weighted by Crippen LogP contribution is 2.45. The molecule has 10 heteroatoms. The third-order valence-corrected chi connectivity index (χ3v) is 4.05. The first-order valence-electron chi connectivity index (χ1n) is 7.46. The predicted octanol–water partition coefficient (Wildman–Crippen LogP) is 2.77. The van der Waals surface area contributed by atoms with Crippen LogP contribution in [-0.4, -0.2) is 55.0 Å². The number of nitrogens with one attached hydrogen (secondary N) is 1. The van der Waals surface area contributed by atoms with Gasteiger partial charge in [0, 0.05) is 38.8 Å². The predicted molar refractivity (Wildman–Crippen MR) is 78.9 cm³/mol. The van der Waals surface area contributed by atoms with Crippen molar-refractivity contribution in [2.24, 2.45) is 0 Å². The quantitative estimate of drug-likeness (QED) is 0.833. The zero-order valence-electron chi connectivity index (χ0n) is 13.3. The summed E-state index contributed by atoms with van der Waals surface area (Å²) in [7, 11) is 0. The maximum atomic E-state index is 13.4. The summed E-state index contributed by atoms with van der Waals surface area (Å²) >= 11 is 0. The van der Waals surface area contributed by atoms with Crippen molar-refractivity contribution in [3.63, 3.8) is 0 Å². The number of halogens is 6. The molecule has 0 aliphatic carbocycles. The molecule has 1 aromatic rings. The van der Waals surface area contributed by atoms with Gasteiger partial charge in [0.05, 0.1) is 0 Å². The highest BCUT2D eigenvalue weighted by Gasteiger charge is 2.74. The number of rotatable bonds is 3. The van der Waals surface area contributed by atoms with Crippen LogP contribution in [0.2, 0.25) is 0 Å². The van der Waals surface area contributed by atoms with Crippen molar-refractivity contribution in [1.82, 2.24) is 10.2 Å². The molecule has 0 unspecified atom stereocenters. The molecule has 1 aliphatic rings. The lowest BCUT2D eigenvalue weighted by molar-refractivity contribution is -0.350. The van der Waals surface area contributed by atoms with Crippen molar-refractivity contribution < 1.29 is 31.1 Å². The van der Waals surface area contributed by atoms with Gasteiger partial charge in [-0.2, -0.15) is 26.3 Å². The zero-order valence-corrected chi connectivity index (χ0v) is 13.3. The number of para-hydroxylation sites is 1. The van der Waals surface area contributed by atoms with E-state index in [0.717, 1.165) is 5.32 Å². The third-order valence-electron chi connectivity index (χ3n) is 4.05. The molecule has 1 N–H and O–H groups in total. The minimum atomic E-state index is -5.72. The number of hydrogen-bond donors (Lipinski definition) is 1. The third kappa shape index (κ3) is 3.68. The number of carbonyl (C=O) groups excluding carboxylic acids is 1. The van der Waals surface area contributed by atoms with E-state index in [1.165, 1.54) is 0 Å². The summed E-state index contributed by atoms with van der Waals surface area (Å²) in [5.41, 5.74) is -3.68. The molecule has 4 nitrogen and oxygen atoms in total. The Morgan fingerprint density at radius 1 is 0.920 bits per heavy atom. The molecular weight excluding hydrogens is 352 g/mol. The van der Waals surface area contributed by atoms with Crippen molar-refractivity contribution in [1.29, 1.82) is 0 Å². The van der Waals surface area contributed by atoms with Crippen LogP contribution in [-0.2, 0) is 4.79 Å². The van der Waals surface area contributed by atoms with Gasteiger partial charge in [-0.25, -0.2) is 0 Å². The lowest BCUT2D eigenvalue weighted by Gasteiger charge is -2.48. The first-order valence-corrected chi connectivity index (χ1v) is 7.46. The molecule has 0 aromatic heterocycles. The van der Waals surface area contributed by atoms with Gasteiger partial charge in [0.25, 0.3) is 5.66 Å². The first kappa shape index (κ1) is 19.4. The molecular formula is C15H17F6N3O. The SMILES string of the molecule is CC(=O)NC(N1CCN(c2ccccc2)CC1)(C(F)(F)F)C(F)(F)F. The monoisotopic (exact) mass is 369 g/mol. The Balaban J connectivity index is 2.29. The summed E-state index contributed by atoms with van der Waals surface area (Å²) in [6, 6.07) is 8.67. The Morgan fingerprint density at radius 2 is 1.40 bits per heavy atom. The van der Waals surface area contributed by atoms with Gasteiger partial charge in [-0.15, -0.1) is 0 Å². The molecule has 1 fully saturated rings. The number of anilines is 1. The summed E-state index contributed by atoms with van der Waals surface area (Å²) in [5, 5.41) is 1.12. The smallest absolute Gasteiger partial charge is 0.369 e. The van der Waals surface area contributed by atoms with Crippen LogP contribution in [0.25, 0.3) is 0 Å². The van der Waals surface area contributed by atoms with Gasteiger partial charge in [0.2, 0.25) is 5.91 Å². The molecule has 0 saturated carbocycles. The van der Waals surface area contributed by atoms with Gasteiger partial charge >= 0.3 is 12.4 Å². The Bertz CT molecular complexity index is 580. The second kappa shape index (κ2) is 6.74. The number of benzene rings is 1. The van der Waals surface area contributed by atoms with Gasteiger partial charge in [0.15, 0.2) is 0 Å². The van der Waals surface area contributed by atoms with Crippen molar-refractivity contribution in [2.45, 2.75) is 24.9 Å². The highest BCUT2D eigenvalue weighted by molar-refractivity contribution is 5.74. The molecule has 1 amide bonds. The molecule has 140 valence electrons. The fourth-order valence-electron chi connectivity index (χ4n) is 2.93.